The lowest BCUT2D eigenvalue weighted by molar-refractivity contribution is 0.217. The Morgan fingerprint density at radius 3 is 2.52 bits per heavy atom. The Labute approximate surface area is 181 Å². The molecule has 6 nitrogen and oxygen atoms in total. The SMILES string of the molecule is C=CCNC(=NCc1ccc(OCCN(CC)CC)c(OC)c1)NCC.I. The standard InChI is InChI=1S/C20H34N4O2.HI/c1-6-12-22-20(21-7-2)23-16-17-10-11-18(19(15-17)25-5)26-14-13-24(8-3)9-4;/h6,10-11,15H,1,7-9,12-14,16H2,2-5H3,(H2,21,22,23);1H. The smallest absolute Gasteiger partial charge is 0.191 e. The number of ether oxygens (including phenoxy) is 2. The van der Waals surface area contributed by atoms with E-state index in [0.717, 1.165) is 49.2 Å². The van der Waals surface area contributed by atoms with Crippen LogP contribution in [-0.2, 0) is 6.54 Å². The summed E-state index contributed by atoms with van der Waals surface area (Å²) in [6, 6.07) is 5.96. The lowest BCUT2D eigenvalue weighted by atomic mass is 10.2. The highest BCUT2D eigenvalue weighted by Gasteiger charge is 2.07. The number of hydrogen-bond acceptors (Lipinski definition) is 4. The number of hydrogen-bond donors (Lipinski definition) is 2. The maximum atomic E-state index is 5.90. The van der Waals surface area contributed by atoms with Crippen molar-refractivity contribution in [1.29, 1.82) is 0 Å². The third-order valence-corrected chi connectivity index (χ3v) is 3.97. The second kappa shape index (κ2) is 15.6. The van der Waals surface area contributed by atoms with Crippen molar-refractivity contribution in [3.05, 3.63) is 36.4 Å². The summed E-state index contributed by atoms with van der Waals surface area (Å²) in [7, 11) is 1.66. The molecule has 0 radical (unpaired) electrons. The Balaban J connectivity index is 0.00000676. The molecule has 1 rings (SSSR count). The van der Waals surface area contributed by atoms with Crippen molar-refractivity contribution in [3.8, 4) is 11.5 Å². The number of methoxy groups -OCH3 is 1. The fraction of sp³-hybridized carbons (Fsp3) is 0.550. The van der Waals surface area contributed by atoms with Crippen LogP contribution >= 0.6 is 24.0 Å². The van der Waals surface area contributed by atoms with Gasteiger partial charge >= 0.3 is 0 Å². The summed E-state index contributed by atoms with van der Waals surface area (Å²) in [5.74, 6) is 2.27. The lowest BCUT2D eigenvalue weighted by Crippen LogP contribution is -2.37. The zero-order chi connectivity index (χ0) is 19.2. The predicted octanol–water partition coefficient (Wildman–Crippen LogP) is 3.27. The van der Waals surface area contributed by atoms with Crippen molar-refractivity contribution in [3.63, 3.8) is 0 Å². The average molecular weight is 490 g/mol. The van der Waals surface area contributed by atoms with E-state index in [1.165, 1.54) is 0 Å². The Kier molecular flexibility index (Phi) is 14.7. The first-order chi connectivity index (χ1) is 12.7. The number of benzene rings is 1. The van der Waals surface area contributed by atoms with E-state index in [9.17, 15) is 0 Å². The van der Waals surface area contributed by atoms with Gasteiger partial charge in [0.2, 0.25) is 0 Å². The fourth-order valence-corrected chi connectivity index (χ4v) is 2.44. The lowest BCUT2D eigenvalue weighted by Gasteiger charge is -2.19. The van der Waals surface area contributed by atoms with Crippen LogP contribution in [0.3, 0.4) is 0 Å². The van der Waals surface area contributed by atoms with Crippen LogP contribution in [-0.4, -0.2) is 57.3 Å². The molecule has 2 N–H and O–H groups in total. The van der Waals surface area contributed by atoms with Crippen molar-refractivity contribution < 1.29 is 9.47 Å². The number of likely N-dealkylation sites (N-methyl/N-ethyl adjacent to an activating group) is 1. The van der Waals surface area contributed by atoms with Gasteiger partial charge in [-0.05, 0) is 37.7 Å². The van der Waals surface area contributed by atoms with Crippen molar-refractivity contribution in [2.24, 2.45) is 4.99 Å². The van der Waals surface area contributed by atoms with E-state index >= 15 is 0 Å². The Hall–Kier alpha value is -1.48. The number of guanidine groups is 1. The summed E-state index contributed by atoms with van der Waals surface area (Å²) in [5.41, 5.74) is 1.06. The molecule has 0 saturated carbocycles. The molecule has 0 bridgehead atoms. The van der Waals surface area contributed by atoms with Gasteiger partial charge in [0.1, 0.15) is 6.61 Å². The second-order valence-corrected chi connectivity index (χ2v) is 5.73. The topological polar surface area (TPSA) is 58.1 Å². The van der Waals surface area contributed by atoms with Crippen LogP contribution in [0, 0.1) is 0 Å². The maximum Gasteiger partial charge on any atom is 0.191 e. The largest absolute Gasteiger partial charge is 0.493 e. The number of nitrogens with zero attached hydrogens (tertiary/aromatic N) is 2. The molecule has 0 aliphatic rings. The Morgan fingerprint density at radius 2 is 1.93 bits per heavy atom. The van der Waals surface area contributed by atoms with Gasteiger partial charge in [0.25, 0.3) is 0 Å². The monoisotopic (exact) mass is 490 g/mol. The van der Waals surface area contributed by atoms with Crippen LogP contribution in [0.2, 0.25) is 0 Å². The molecule has 7 heteroatoms. The predicted molar refractivity (Wildman–Crippen MR) is 125 cm³/mol. The van der Waals surface area contributed by atoms with E-state index in [2.05, 4.69) is 41.0 Å². The summed E-state index contributed by atoms with van der Waals surface area (Å²) >= 11 is 0. The highest BCUT2D eigenvalue weighted by Crippen LogP contribution is 2.28. The van der Waals surface area contributed by atoms with Gasteiger partial charge in [-0.1, -0.05) is 26.0 Å². The molecule has 0 aliphatic heterocycles. The first kappa shape index (κ1) is 25.5. The Bertz CT molecular complexity index is 563. The molecule has 0 saturated heterocycles. The molecule has 0 atom stereocenters. The van der Waals surface area contributed by atoms with Crippen LogP contribution in [0.4, 0.5) is 0 Å². The van der Waals surface area contributed by atoms with Crippen molar-refractivity contribution in [1.82, 2.24) is 15.5 Å². The number of nitrogens with one attached hydrogen (secondary N) is 2. The van der Waals surface area contributed by atoms with E-state index in [4.69, 9.17) is 9.47 Å². The van der Waals surface area contributed by atoms with Crippen LogP contribution in [0.1, 0.15) is 26.3 Å². The minimum absolute atomic E-state index is 0. The molecule has 27 heavy (non-hydrogen) atoms. The zero-order valence-electron chi connectivity index (χ0n) is 17.1. The summed E-state index contributed by atoms with van der Waals surface area (Å²) < 4.78 is 11.4. The zero-order valence-corrected chi connectivity index (χ0v) is 19.4. The van der Waals surface area contributed by atoms with Crippen LogP contribution in [0.25, 0.3) is 0 Å². The first-order valence-corrected chi connectivity index (χ1v) is 9.33. The highest BCUT2D eigenvalue weighted by molar-refractivity contribution is 14.0. The summed E-state index contributed by atoms with van der Waals surface area (Å²) in [6.45, 7) is 15.7. The van der Waals surface area contributed by atoms with Gasteiger partial charge in [-0.2, -0.15) is 0 Å². The van der Waals surface area contributed by atoms with E-state index in [-0.39, 0.29) is 24.0 Å². The van der Waals surface area contributed by atoms with Gasteiger partial charge in [-0.3, -0.25) is 0 Å². The minimum atomic E-state index is 0. The third kappa shape index (κ3) is 9.86. The average Bonchev–Trinajstić information content (AvgIpc) is 2.67. The van der Waals surface area contributed by atoms with Crippen LogP contribution < -0.4 is 20.1 Å². The van der Waals surface area contributed by atoms with Gasteiger partial charge in [0.05, 0.1) is 13.7 Å². The van der Waals surface area contributed by atoms with Crippen molar-refractivity contribution >= 4 is 29.9 Å². The van der Waals surface area contributed by atoms with Gasteiger partial charge in [-0.15, -0.1) is 30.6 Å². The quantitative estimate of drug-likeness (QED) is 0.204. The minimum Gasteiger partial charge on any atom is -0.493 e. The molecule has 1 aromatic rings. The number of rotatable bonds is 12. The highest BCUT2D eigenvalue weighted by atomic mass is 127. The van der Waals surface area contributed by atoms with Crippen LogP contribution in [0.15, 0.2) is 35.8 Å². The molecule has 154 valence electrons. The Morgan fingerprint density at radius 1 is 1.19 bits per heavy atom. The molecule has 0 aliphatic carbocycles. The van der Waals surface area contributed by atoms with E-state index in [1.807, 2.05) is 25.1 Å². The van der Waals surface area contributed by atoms with Gasteiger partial charge < -0.3 is 25.0 Å². The van der Waals surface area contributed by atoms with Crippen molar-refractivity contribution in [2.45, 2.75) is 27.3 Å². The molecule has 0 heterocycles. The van der Waals surface area contributed by atoms with E-state index in [1.54, 1.807) is 13.2 Å². The summed E-state index contributed by atoms with van der Waals surface area (Å²) in [5, 5.41) is 6.40. The molecule has 0 unspecified atom stereocenters. The van der Waals surface area contributed by atoms with Gasteiger partial charge in [0.15, 0.2) is 17.5 Å². The van der Waals surface area contributed by atoms with Crippen molar-refractivity contribution in [2.75, 3.05) is 46.4 Å². The molecule has 0 aromatic heterocycles. The second-order valence-electron chi connectivity index (χ2n) is 5.73. The number of halogens is 1. The molecule has 0 fully saturated rings. The number of aliphatic imine (C=N–C) groups is 1. The van der Waals surface area contributed by atoms with E-state index < -0.39 is 0 Å². The van der Waals surface area contributed by atoms with Gasteiger partial charge in [-0.25, -0.2) is 4.99 Å². The maximum absolute atomic E-state index is 5.90. The normalized spacial score (nSPS) is 10.9. The van der Waals surface area contributed by atoms with Crippen LogP contribution in [0.5, 0.6) is 11.5 Å². The van der Waals surface area contributed by atoms with E-state index in [0.29, 0.717) is 19.7 Å². The summed E-state index contributed by atoms with van der Waals surface area (Å²) in [6.07, 6.45) is 1.81. The molecular formula is C20H35IN4O2. The molecule has 0 spiro atoms. The molecular weight excluding hydrogens is 455 g/mol. The third-order valence-electron chi connectivity index (χ3n) is 3.97. The first-order valence-electron chi connectivity index (χ1n) is 9.33. The van der Waals surface area contributed by atoms with Gasteiger partial charge in [0, 0.05) is 19.6 Å². The molecule has 0 amide bonds. The fourth-order valence-electron chi connectivity index (χ4n) is 2.44. The summed E-state index contributed by atoms with van der Waals surface area (Å²) in [4.78, 5) is 6.90. The molecule has 1 aromatic carbocycles.